The van der Waals surface area contributed by atoms with Gasteiger partial charge >= 0.3 is 0 Å². The van der Waals surface area contributed by atoms with E-state index in [2.05, 4.69) is 26.3 Å². The summed E-state index contributed by atoms with van der Waals surface area (Å²) < 4.78 is 7.48. The van der Waals surface area contributed by atoms with Gasteiger partial charge in [0, 0.05) is 30.5 Å². The number of rotatable bonds is 5. The first kappa shape index (κ1) is 17.0. The second-order valence-corrected chi connectivity index (χ2v) is 5.86. The lowest BCUT2D eigenvalue weighted by Crippen LogP contribution is -2.35. The van der Waals surface area contributed by atoms with Crippen LogP contribution in [0.25, 0.3) is 0 Å². The number of carbonyl (C=O) groups excluding carboxylic acids is 2. The van der Waals surface area contributed by atoms with Gasteiger partial charge in [-0.2, -0.15) is 0 Å². The van der Waals surface area contributed by atoms with E-state index in [0.717, 1.165) is 4.47 Å². The summed E-state index contributed by atoms with van der Waals surface area (Å²) in [6.07, 6.45) is 1.56. The lowest BCUT2D eigenvalue weighted by Gasteiger charge is -2.16. The molecule has 0 aliphatic carbocycles. The third-order valence-electron chi connectivity index (χ3n) is 3.07. The number of likely N-dealkylation sites (N-methyl/N-ethyl adjacent to an activating group) is 1. The van der Waals surface area contributed by atoms with Crippen molar-refractivity contribution in [1.29, 1.82) is 0 Å². The molecule has 8 heteroatoms. The summed E-state index contributed by atoms with van der Waals surface area (Å²) in [5.41, 5.74) is 0.979. The zero-order chi connectivity index (χ0) is 17.0. The molecule has 122 valence electrons. The van der Waals surface area contributed by atoms with Crippen LogP contribution in [0.3, 0.4) is 0 Å². The third-order valence-corrected chi connectivity index (χ3v) is 3.60. The van der Waals surface area contributed by atoms with Gasteiger partial charge in [-0.05, 0) is 24.3 Å². The molecule has 23 heavy (non-hydrogen) atoms. The number of methoxy groups -OCH3 is 1. The zero-order valence-corrected chi connectivity index (χ0v) is 14.6. The minimum Gasteiger partial charge on any atom is -0.479 e. The van der Waals surface area contributed by atoms with Crippen LogP contribution < -0.4 is 10.1 Å². The van der Waals surface area contributed by atoms with Gasteiger partial charge in [-0.15, -0.1) is 5.10 Å². The summed E-state index contributed by atoms with van der Waals surface area (Å²) in [6, 6.07) is 7.19. The number of hydrogen-bond acceptors (Lipinski definition) is 4. The number of amides is 2. The molecule has 0 saturated heterocycles. The van der Waals surface area contributed by atoms with Crippen molar-refractivity contribution in [2.75, 3.05) is 26.0 Å². The van der Waals surface area contributed by atoms with E-state index in [4.69, 9.17) is 4.74 Å². The quantitative estimate of drug-likeness (QED) is 0.859. The maximum atomic E-state index is 12.4. The number of nitrogens with zero attached hydrogens (tertiary/aromatic N) is 3. The number of anilines is 1. The monoisotopic (exact) mass is 380 g/mol. The molecule has 0 unspecified atom stereocenters. The highest BCUT2D eigenvalue weighted by Crippen LogP contribution is 2.17. The van der Waals surface area contributed by atoms with Crippen molar-refractivity contribution in [3.8, 4) is 5.88 Å². The Labute approximate surface area is 142 Å². The molecule has 2 aromatic rings. The molecule has 0 radical (unpaired) electrons. The number of aryl methyl sites for hydroxylation is 1. The van der Waals surface area contributed by atoms with Gasteiger partial charge < -0.3 is 15.0 Å². The Kier molecular flexibility index (Phi) is 5.38. The highest BCUT2D eigenvalue weighted by atomic mass is 79.9. The summed E-state index contributed by atoms with van der Waals surface area (Å²) in [7, 11) is 4.69. The van der Waals surface area contributed by atoms with Crippen LogP contribution in [0.15, 0.2) is 34.9 Å². The van der Waals surface area contributed by atoms with Crippen LogP contribution in [-0.4, -0.2) is 47.2 Å². The number of ether oxygens (including phenoxy) is 1. The first-order chi connectivity index (χ1) is 10.9. The molecule has 0 spiro atoms. The Hall–Kier alpha value is -2.35. The lowest BCUT2D eigenvalue weighted by molar-refractivity contribution is -0.116. The molecule has 1 aromatic heterocycles. The van der Waals surface area contributed by atoms with Crippen LogP contribution in [0.2, 0.25) is 0 Å². The first-order valence-corrected chi connectivity index (χ1v) is 7.58. The van der Waals surface area contributed by atoms with Crippen molar-refractivity contribution in [2.24, 2.45) is 7.05 Å². The van der Waals surface area contributed by atoms with Crippen molar-refractivity contribution in [3.63, 3.8) is 0 Å². The van der Waals surface area contributed by atoms with E-state index in [0.29, 0.717) is 11.3 Å². The van der Waals surface area contributed by atoms with E-state index in [9.17, 15) is 9.59 Å². The predicted molar refractivity (Wildman–Crippen MR) is 89.5 cm³/mol. The largest absolute Gasteiger partial charge is 0.479 e. The number of aromatic nitrogens is 2. The van der Waals surface area contributed by atoms with Gasteiger partial charge in [0.15, 0.2) is 0 Å². The fourth-order valence-electron chi connectivity index (χ4n) is 1.99. The Bertz CT molecular complexity index is 712. The van der Waals surface area contributed by atoms with E-state index in [1.54, 1.807) is 32.4 Å². The Morgan fingerprint density at radius 1 is 1.35 bits per heavy atom. The third kappa shape index (κ3) is 4.32. The normalized spacial score (nSPS) is 10.3. The van der Waals surface area contributed by atoms with E-state index in [1.807, 2.05) is 12.1 Å². The van der Waals surface area contributed by atoms with E-state index >= 15 is 0 Å². The van der Waals surface area contributed by atoms with Gasteiger partial charge in [0.1, 0.15) is 5.56 Å². The molecule has 1 N–H and O–H groups in total. The standard InChI is InChI=1S/C15H17BrN4O3/c1-19(15(22)12-8-20(2)18-14(12)23-3)9-13(21)17-11-6-4-10(16)5-7-11/h4-8H,9H2,1-3H3,(H,17,21). The fraction of sp³-hybridized carbons (Fsp3) is 0.267. The van der Waals surface area contributed by atoms with Crippen LogP contribution in [-0.2, 0) is 11.8 Å². The molecule has 0 fully saturated rings. The molecule has 7 nitrogen and oxygen atoms in total. The molecule has 0 atom stereocenters. The molecular weight excluding hydrogens is 364 g/mol. The maximum Gasteiger partial charge on any atom is 0.261 e. The summed E-state index contributed by atoms with van der Waals surface area (Å²) >= 11 is 3.33. The minimum absolute atomic E-state index is 0.0764. The number of halogens is 1. The highest BCUT2D eigenvalue weighted by molar-refractivity contribution is 9.10. The lowest BCUT2D eigenvalue weighted by atomic mass is 10.3. The average Bonchev–Trinajstić information content (AvgIpc) is 2.89. The van der Waals surface area contributed by atoms with Crippen LogP contribution in [0.5, 0.6) is 5.88 Å². The van der Waals surface area contributed by atoms with Crippen molar-refractivity contribution in [2.45, 2.75) is 0 Å². The molecule has 2 amide bonds. The van der Waals surface area contributed by atoms with E-state index < -0.39 is 0 Å². The van der Waals surface area contributed by atoms with Gasteiger partial charge in [0.2, 0.25) is 11.8 Å². The Balaban J connectivity index is 2.00. The molecule has 0 saturated carbocycles. The van der Waals surface area contributed by atoms with Gasteiger partial charge in [-0.25, -0.2) is 0 Å². The predicted octanol–water partition coefficient (Wildman–Crippen LogP) is 1.90. The molecule has 0 bridgehead atoms. The molecular formula is C15H17BrN4O3. The zero-order valence-electron chi connectivity index (χ0n) is 13.0. The summed E-state index contributed by atoms with van der Waals surface area (Å²) in [5.74, 6) is -0.385. The topological polar surface area (TPSA) is 76.5 Å². The first-order valence-electron chi connectivity index (χ1n) is 6.79. The summed E-state index contributed by atoms with van der Waals surface area (Å²) in [4.78, 5) is 25.7. The van der Waals surface area contributed by atoms with Crippen LogP contribution in [0.4, 0.5) is 5.69 Å². The van der Waals surface area contributed by atoms with Gasteiger partial charge in [0.05, 0.1) is 13.7 Å². The average molecular weight is 381 g/mol. The molecule has 2 rings (SSSR count). The molecule has 1 heterocycles. The van der Waals surface area contributed by atoms with Gasteiger partial charge in [-0.1, -0.05) is 15.9 Å². The van der Waals surface area contributed by atoms with Crippen molar-refractivity contribution < 1.29 is 14.3 Å². The van der Waals surface area contributed by atoms with E-state index in [1.165, 1.54) is 16.7 Å². The summed E-state index contributed by atoms with van der Waals surface area (Å²) in [6.45, 7) is -0.0764. The fourth-order valence-corrected chi connectivity index (χ4v) is 2.26. The number of benzene rings is 1. The number of nitrogens with one attached hydrogen (secondary N) is 1. The number of hydrogen-bond donors (Lipinski definition) is 1. The minimum atomic E-state index is -0.332. The second kappa shape index (κ2) is 7.28. The smallest absolute Gasteiger partial charge is 0.261 e. The maximum absolute atomic E-state index is 12.4. The SMILES string of the molecule is COc1nn(C)cc1C(=O)N(C)CC(=O)Nc1ccc(Br)cc1. The van der Waals surface area contributed by atoms with Gasteiger partial charge in [-0.3, -0.25) is 14.3 Å². The molecule has 0 aliphatic heterocycles. The van der Waals surface area contributed by atoms with Crippen LogP contribution in [0, 0.1) is 0 Å². The summed E-state index contributed by atoms with van der Waals surface area (Å²) in [5, 5.41) is 6.76. The molecule has 0 aliphatic rings. The van der Waals surface area contributed by atoms with Crippen molar-refractivity contribution in [3.05, 3.63) is 40.5 Å². The Morgan fingerprint density at radius 2 is 2.00 bits per heavy atom. The van der Waals surface area contributed by atoms with E-state index in [-0.39, 0.29) is 24.2 Å². The van der Waals surface area contributed by atoms with Crippen LogP contribution >= 0.6 is 15.9 Å². The van der Waals surface area contributed by atoms with Crippen molar-refractivity contribution in [1.82, 2.24) is 14.7 Å². The van der Waals surface area contributed by atoms with Gasteiger partial charge in [0.25, 0.3) is 5.91 Å². The van der Waals surface area contributed by atoms with Crippen LogP contribution in [0.1, 0.15) is 10.4 Å². The van der Waals surface area contributed by atoms with Crippen molar-refractivity contribution >= 4 is 33.4 Å². The number of carbonyl (C=O) groups is 2. The highest BCUT2D eigenvalue weighted by Gasteiger charge is 2.21. The Morgan fingerprint density at radius 3 is 2.61 bits per heavy atom. The molecule has 1 aromatic carbocycles. The second-order valence-electron chi connectivity index (χ2n) is 4.94.